The van der Waals surface area contributed by atoms with Crippen LogP contribution in [0, 0.1) is 11.3 Å². The number of aromatic nitrogens is 4. The number of anilines is 2. The molecule has 0 unspecified atom stereocenters. The summed E-state index contributed by atoms with van der Waals surface area (Å²) in [7, 11) is 0. The van der Waals surface area contributed by atoms with Gasteiger partial charge in [0.1, 0.15) is 23.0 Å². The van der Waals surface area contributed by atoms with Gasteiger partial charge in [-0.2, -0.15) is 10.2 Å². The Kier molecular flexibility index (Phi) is 4.80. The van der Waals surface area contributed by atoms with Crippen molar-refractivity contribution in [3.05, 3.63) is 70.9 Å². The molecule has 1 aliphatic carbocycles. The second-order valence-corrected chi connectivity index (χ2v) is 7.45. The Morgan fingerprint density at radius 2 is 1.97 bits per heavy atom. The van der Waals surface area contributed by atoms with E-state index in [1.165, 1.54) is 10.6 Å². The summed E-state index contributed by atoms with van der Waals surface area (Å²) in [6.45, 7) is 0. The number of oxazole rings is 1. The lowest BCUT2D eigenvalue weighted by atomic mass is 10.2. The van der Waals surface area contributed by atoms with Crippen molar-refractivity contribution in [2.45, 2.75) is 31.3 Å². The van der Waals surface area contributed by atoms with Gasteiger partial charge >= 0.3 is 0 Å². The number of nitrogens with zero attached hydrogens (tertiary/aromatic N) is 5. The predicted octanol–water partition coefficient (Wildman–Crippen LogP) is 3.09. The first kappa shape index (κ1) is 18.8. The normalized spacial score (nSPS) is 18.0. The first-order chi connectivity index (χ1) is 15.2. The molecule has 0 amide bonds. The van der Waals surface area contributed by atoms with Crippen molar-refractivity contribution in [3.8, 4) is 11.8 Å². The number of rotatable bonds is 5. The Labute approximate surface area is 177 Å². The van der Waals surface area contributed by atoms with Crippen LogP contribution in [0.25, 0.3) is 16.9 Å². The first-order valence-electron chi connectivity index (χ1n) is 10.0. The van der Waals surface area contributed by atoms with E-state index in [-0.39, 0.29) is 23.2 Å². The third-order valence-electron chi connectivity index (χ3n) is 5.37. The number of hydrogen-bond donors (Lipinski definition) is 2. The molecule has 9 heteroatoms. The minimum absolute atomic E-state index is 0.101. The molecule has 4 aromatic rings. The third kappa shape index (κ3) is 3.83. The molecule has 0 saturated heterocycles. The smallest absolute Gasteiger partial charge is 0.297 e. The molecule has 4 heterocycles. The quantitative estimate of drug-likeness (QED) is 0.512. The van der Waals surface area contributed by atoms with E-state index in [9.17, 15) is 4.79 Å². The van der Waals surface area contributed by atoms with Crippen LogP contribution in [0.3, 0.4) is 0 Å². The van der Waals surface area contributed by atoms with Crippen LogP contribution in [0.1, 0.15) is 24.8 Å². The number of pyridine rings is 3. The van der Waals surface area contributed by atoms with Gasteiger partial charge in [-0.1, -0.05) is 0 Å². The average Bonchev–Trinajstić information content (AvgIpc) is 3.41. The van der Waals surface area contributed by atoms with E-state index in [2.05, 4.69) is 25.6 Å². The lowest BCUT2D eigenvalue weighted by molar-refractivity contribution is 0.583. The molecular formula is C22H19N7O2. The summed E-state index contributed by atoms with van der Waals surface area (Å²) >= 11 is 0. The lowest BCUT2D eigenvalue weighted by Crippen LogP contribution is -2.22. The van der Waals surface area contributed by atoms with E-state index in [1.807, 2.05) is 30.3 Å². The van der Waals surface area contributed by atoms with Crippen LogP contribution in [0.15, 0.2) is 64.2 Å². The molecule has 4 aromatic heterocycles. The van der Waals surface area contributed by atoms with Crippen molar-refractivity contribution < 1.29 is 4.42 Å². The molecule has 154 valence electrons. The minimum Gasteiger partial charge on any atom is -0.404 e. The van der Waals surface area contributed by atoms with Crippen molar-refractivity contribution in [1.29, 1.82) is 5.26 Å². The number of fused-ring (bicyclic) bond motifs is 1. The number of nitrogens with one attached hydrogen (secondary N) is 2. The van der Waals surface area contributed by atoms with Gasteiger partial charge in [-0.3, -0.25) is 9.36 Å². The average molecular weight is 413 g/mol. The maximum absolute atomic E-state index is 12.3. The van der Waals surface area contributed by atoms with E-state index in [4.69, 9.17) is 9.68 Å². The summed E-state index contributed by atoms with van der Waals surface area (Å²) in [5, 5.41) is 15.8. The largest absolute Gasteiger partial charge is 0.404 e. The maximum atomic E-state index is 12.3. The van der Waals surface area contributed by atoms with Crippen LogP contribution in [-0.2, 0) is 0 Å². The highest BCUT2D eigenvalue weighted by atomic mass is 16.4. The van der Waals surface area contributed by atoms with Gasteiger partial charge in [0, 0.05) is 24.5 Å². The van der Waals surface area contributed by atoms with Gasteiger partial charge in [-0.05, 0) is 55.7 Å². The van der Waals surface area contributed by atoms with Crippen molar-refractivity contribution in [2.75, 3.05) is 10.6 Å². The van der Waals surface area contributed by atoms with Crippen molar-refractivity contribution in [2.24, 2.45) is 0 Å². The first-order valence-corrected chi connectivity index (χ1v) is 10.0. The van der Waals surface area contributed by atoms with Gasteiger partial charge in [0.15, 0.2) is 0 Å². The lowest BCUT2D eigenvalue weighted by Gasteiger charge is -2.15. The van der Waals surface area contributed by atoms with Crippen molar-refractivity contribution >= 4 is 23.1 Å². The van der Waals surface area contributed by atoms with Gasteiger partial charge in [0.05, 0.1) is 11.9 Å². The van der Waals surface area contributed by atoms with Gasteiger partial charge in [0.2, 0.25) is 5.71 Å². The molecule has 1 saturated carbocycles. The molecule has 0 radical (unpaired) electrons. The van der Waals surface area contributed by atoms with Crippen LogP contribution in [-0.4, -0.2) is 31.6 Å². The monoisotopic (exact) mass is 413 g/mol. The Hall–Kier alpha value is -4.19. The summed E-state index contributed by atoms with van der Waals surface area (Å²) < 4.78 is 7.07. The van der Waals surface area contributed by atoms with Gasteiger partial charge in [-0.15, -0.1) is 0 Å². The van der Waals surface area contributed by atoms with Crippen LogP contribution >= 0.6 is 0 Å². The summed E-state index contributed by atoms with van der Waals surface area (Å²) in [5.41, 5.74) is 1.63. The molecule has 2 N–H and O–H groups in total. The summed E-state index contributed by atoms with van der Waals surface area (Å²) in [4.78, 5) is 25.3. The van der Waals surface area contributed by atoms with E-state index >= 15 is 0 Å². The van der Waals surface area contributed by atoms with Crippen LogP contribution in [0.2, 0.25) is 0 Å². The zero-order valence-electron chi connectivity index (χ0n) is 16.5. The molecule has 0 spiro atoms. The number of nitriles is 1. The Morgan fingerprint density at radius 3 is 2.74 bits per heavy atom. The second-order valence-electron chi connectivity index (χ2n) is 7.45. The summed E-state index contributed by atoms with van der Waals surface area (Å²) in [6.07, 6.45) is 7.81. The molecule has 9 nitrogen and oxygen atoms in total. The molecule has 2 atom stereocenters. The van der Waals surface area contributed by atoms with Gasteiger partial charge < -0.3 is 15.1 Å². The SMILES string of the molecule is N#Cc1cccn(-c2ccc(N[C@H]3CC[C@H](Nc4nc5cccnc5o4)C3)nc2)c1=O. The van der Waals surface area contributed by atoms with E-state index in [1.54, 1.807) is 24.7 Å². The van der Waals surface area contributed by atoms with E-state index in [0.29, 0.717) is 17.4 Å². The van der Waals surface area contributed by atoms with E-state index in [0.717, 1.165) is 30.6 Å². The Bertz CT molecular complexity index is 1290. The Morgan fingerprint density at radius 1 is 1.10 bits per heavy atom. The van der Waals surface area contributed by atoms with Crippen molar-refractivity contribution in [3.63, 3.8) is 0 Å². The third-order valence-corrected chi connectivity index (χ3v) is 5.37. The molecule has 0 bridgehead atoms. The van der Waals surface area contributed by atoms with Crippen LogP contribution < -0.4 is 16.2 Å². The highest BCUT2D eigenvalue weighted by Crippen LogP contribution is 2.26. The number of hydrogen-bond acceptors (Lipinski definition) is 8. The van der Waals surface area contributed by atoms with Crippen LogP contribution in [0.5, 0.6) is 0 Å². The molecule has 0 aromatic carbocycles. The summed E-state index contributed by atoms with van der Waals surface area (Å²) in [6, 6.07) is 13.4. The topological polar surface area (TPSA) is 122 Å². The highest BCUT2D eigenvalue weighted by Gasteiger charge is 2.26. The Balaban J connectivity index is 1.22. The molecule has 0 aliphatic heterocycles. The van der Waals surface area contributed by atoms with Gasteiger partial charge in [-0.25, -0.2) is 9.97 Å². The van der Waals surface area contributed by atoms with Crippen LogP contribution in [0.4, 0.5) is 11.8 Å². The molecular weight excluding hydrogens is 394 g/mol. The zero-order chi connectivity index (χ0) is 21.2. The van der Waals surface area contributed by atoms with E-state index < -0.39 is 0 Å². The maximum Gasteiger partial charge on any atom is 0.297 e. The minimum atomic E-state index is -0.355. The fraction of sp³-hybridized carbons (Fsp3) is 0.227. The fourth-order valence-electron chi connectivity index (χ4n) is 3.86. The van der Waals surface area contributed by atoms with Gasteiger partial charge in [0.25, 0.3) is 11.6 Å². The molecule has 1 fully saturated rings. The molecule has 5 rings (SSSR count). The highest BCUT2D eigenvalue weighted by molar-refractivity contribution is 5.69. The zero-order valence-corrected chi connectivity index (χ0v) is 16.5. The fourth-order valence-corrected chi connectivity index (χ4v) is 3.86. The predicted molar refractivity (Wildman–Crippen MR) is 115 cm³/mol. The van der Waals surface area contributed by atoms with Crippen molar-refractivity contribution in [1.82, 2.24) is 19.5 Å². The molecule has 31 heavy (non-hydrogen) atoms. The molecule has 1 aliphatic rings. The summed E-state index contributed by atoms with van der Waals surface area (Å²) in [5.74, 6) is 0.741. The second kappa shape index (κ2) is 7.91. The standard InChI is InChI=1S/C22H19N7O2/c23-12-14-3-2-10-29(21(14)30)17-7-8-19(25-13-17)26-15-5-6-16(11-15)27-22-28-18-4-1-9-24-20(18)31-22/h1-4,7-10,13,15-16H,5-6,11H2,(H,25,26)(H,27,28)/t15-,16-/m0/s1.